The Morgan fingerprint density at radius 2 is 1.93 bits per heavy atom. The van der Waals surface area contributed by atoms with Gasteiger partial charge in [-0.3, -0.25) is 0 Å². The Hall–Kier alpha value is -1.24. The summed E-state index contributed by atoms with van der Waals surface area (Å²) in [5.74, 6) is 0.581. The van der Waals surface area contributed by atoms with E-state index in [1.54, 1.807) is 0 Å². The van der Waals surface area contributed by atoms with Crippen molar-refractivity contribution in [3.8, 4) is 0 Å². The van der Waals surface area contributed by atoms with Gasteiger partial charge in [-0.2, -0.15) is 0 Å². The molecule has 0 bridgehead atoms. The summed E-state index contributed by atoms with van der Waals surface area (Å²) in [5.41, 5.74) is 2.11. The lowest BCUT2D eigenvalue weighted by Gasteiger charge is -2.24. The Kier molecular flexibility index (Phi) is 3.44. The van der Waals surface area contributed by atoms with Crippen molar-refractivity contribution in [2.45, 2.75) is 32.1 Å². The lowest BCUT2D eigenvalue weighted by atomic mass is 9.83. The fourth-order valence-corrected chi connectivity index (χ4v) is 2.27. The molecule has 1 aliphatic heterocycles. The molecule has 1 nitrogen and oxygen atoms in total. The van der Waals surface area contributed by atoms with E-state index in [-0.39, 0.29) is 0 Å². The Morgan fingerprint density at radius 3 is 2.73 bits per heavy atom. The molecule has 0 spiro atoms. The molecule has 1 saturated carbocycles. The number of hydrogen-bond acceptors (Lipinski definition) is 1. The molecular weight excluding hydrogens is 182 g/mol. The van der Waals surface area contributed by atoms with E-state index in [2.05, 4.69) is 11.4 Å². The Bertz CT molecular complexity index is 314. The monoisotopic (exact) mass is 200 g/mol. The highest BCUT2D eigenvalue weighted by Gasteiger charge is 2.18. The molecule has 1 heteroatoms. The standard InChI is InChI=1S/C14H18N/c1-12(13-8-4-2-5-9-13)14-10-6-3-7-11-15-14/h1,3,6-7,10-11,13,15H,2,4-5,8-9H2. The largest absolute Gasteiger partial charge is 0.361 e. The maximum Gasteiger partial charge on any atom is 0.0415 e. The van der Waals surface area contributed by atoms with E-state index in [1.165, 1.54) is 32.1 Å². The van der Waals surface area contributed by atoms with Crippen molar-refractivity contribution >= 4 is 0 Å². The molecule has 1 N–H and O–H groups in total. The van der Waals surface area contributed by atoms with Crippen LogP contribution in [-0.2, 0) is 0 Å². The summed E-state index contributed by atoms with van der Waals surface area (Å²) in [6, 6.07) is 0. The molecule has 1 heterocycles. The first-order chi connectivity index (χ1) is 7.38. The molecule has 1 radical (unpaired) electrons. The van der Waals surface area contributed by atoms with Gasteiger partial charge < -0.3 is 5.32 Å². The van der Waals surface area contributed by atoms with Gasteiger partial charge in [0.15, 0.2) is 0 Å². The van der Waals surface area contributed by atoms with Crippen LogP contribution >= 0.6 is 0 Å². The zero-order valence-corrected chi connectivity index (χ0v) is 9.08. The molecule has 1 aliphatic carbocycles. The van der Waals surface area contributed by atoms with Crippen LogP contribution < -0.4 is 5.32 Å². The van der Waals surface area contributed by atoms with Crippen LogP contribution in [0, 0.1) is 12.5 Å². The first-order valence-electron chi connectivity index (χ1n) is 5.80. The van der Waals surface area contributed by atoms with Crippen LogP contribution in [0.2, 0.25) is 0 Å². The molecule has 1 fully saturated rings. The molecule has 0 aromatic carbocycles. The summed E-state index contributed by atoms with van der Waals surface area (Å²) in [6.45, 7) is 6.21. The summed E-state index contributed by atoms with van der Waals surface area (Å²) in [4.78, 5) is 0. The molecular formula is C14H18N. The summed E-state index contributed by atoms with van der Waals surface area (Å²) < 4.78 is 0. The zero-order chi connectivity index (χ0) is 10.5. The highest BCUT2D eigenvalue weighted by atomic mass is 14.9. The van der Waals surface area contributed by atoms with Gasteiger partial charge in [0, 0.05) is 11.9 Å². The van der Waals surface area contributed by atoms with Gasteiger partial charge in [0.05, 0.1) is 0 Å². The molecule has 0 saturated heterocycles. The first-order valence-corrected chi connectivity index (χ1v) is 5.80. The molecule has 0 aromatic heterocycles. The SMILES string of the molecule is [CH]=C(C1=CC=CC=CN1)C1CCCCC1. The van der Waals surface area contributed by atoms with Gasteiger partial charge in [-0.15, -0.1) is 0 Å². The molecule has 2 rings (SSSR count). The third-order valence-corrected chi connectivity index (χ3v) is 3.18. The second-order valence-electron chi connectivity index (χ2n) is 4.26. The number of nitrogens with one attached hydrogen (secondary N) is 1. The predicted molar refractivity (Wildman–Crippen MR) is 63.9 cm³/mol. The minimum atomic E-state index is 0.581. The lowest BCUT2D eigenvalue weighted by molar-refractivity contribution is 0.404. The van der Waals surface area contributed by atoms with Gasteiger partial charge in [-0.05, 0) is 36.5 Å². The fourth-order valence-electron chi connectivity index (χ4n) is 2.27. The molecule has 0 amide bonds. The van der Waals surface area contributed by atoms with Crippen molar-refractivity contribution in [2.24, 2.45) is 5.92 Å². The second-order valence-corrected chi connectivity index (χ2v) is 4.26. The number of rotatable bonds is 2. The minimum absolute atomic E-state index is 0.581. The topological polar surface area (TPSA) is 12.0 Å². The van der Waals surface area contributed by atoms with E-state index in [4.69, 9.17) is 6.58 Å². The minimum Gasteiger partial charge on any atom is -0.361 e. The van der Waals surface area contributed by atoms with Crippen LogP contribution in [0.25, 0.3) is 0 Å². The van der Waals surface area contributed by atoms with Gasteiger partial charge in [-0.25, -0.2) is 0 Å². The van der Waals surface area contributed by atoms with Crippen LogP contribution in [-0.4, -0.2) is 0 Å². The van der Waals surface area contributed by atoms with Crippen LogP contribution in [0.5, 0.6) is 0 Å². The van der Waals surface area contributed by atoms with E-state index in [1.807, 2.05) is 24.4 Å². The Labute approximate surface area is 92.3 Å². The van der Waals surface area contributed by atoms with Crippen LogP contribution in [0.15, 0.2) is 41.8 Å². The van der Waals surface area contributed by atoms with E-state index < -0.39 is 0 Å². The van der Waals surface area contributed by atoms with Crippen molar-refractivity contribution in [3.05, 3.63) is 48.4 Å². The van der Waals surface area contributed by atoms with E-state index in [0.29, 0.717) is 5.92 Å². The maximum atomic E-state index is 6.21. The van der Waals surface area contributed by atoms with Gasteiger partial charge >= 0.3 is 0 Å². The third kappa shape index (κ3) is 2.62. The lowest BCUT2D eigenvalue weighted by Crippen LogP contribution is -2.16. The average Bonchev–Trinajstić information content (AvgIpc) is 2.58. The summed E-state index contributed by atoms with van der Waals surface area (Å²) in [6.07, 6.45) is 16.5. The molecule has 2 aliphatic rings. The van der Waals surface area contributed by atoms with Crippen molar-refractivity contribution in [2.75, 3.05) is 0 Å². The van der Waals surface area contributed by atoms with Crippen molar-refractivity contribution in [1.29, 1.82) is 0 Å². The number of hydrogen-bond donors (Lipinski definition) is 1. The van der Waals surface area contributed by atoms with E-state index in [0.717, 1.165) is 11.3 Å². The van der Waals surface area contributed by atoms with Crippen molar-refractivity contribution < 1.29 is 0 Å². The smallest absolute Gasteiger partial charge is 0.0415 e. The van der Waals surface area contributed by atoms with E-state index >= 15 is 0 Å². The average molecular weight is 200 g/mol. The maximum absolute atomic E-state index is 6.21. The van der Waals surface area contributed by atoms with Gasteiger partial charge in [0.2, 0.25) is 0 Å². The first kappa shape index (κ1) is 10.3. The normalized spacial score (nSPS) is 21.7. The molecule has 0 aromatic rings. The van der Waals surface area contributed by atoms with Gasteiger partial charge in [-0.1, -0.05) is 38.0 Å². The summed E-state index contributed by atoms with van der Waals surface area (Å²) in [5, 5.41) is 3.23. The van der Waals surface area contributed by atoms with Crippen LogP contribution in [0.4, 0.5) is 0 Å². The second kappa shape index (κ2) is 5.01. The molecule has 15 heavy (non-hydrogen) atoms. The molecule has 0 unspecified atom stereocenters. The molecule has 0 atom stereocenters. The van der Waals surface area contributed by atoms with E-state index in [9.17, 15) is 0 Å². The quantitative estimate of drug-likeness (QED) is 0.719. The highest BCUT2D eigenvalue weighted by molar-refractivity contribution is 5.35. The third-order valence-electron chi connectivity index (χ3n) is 3.18. The van der Waals surface area contributed by atoms with Gasteiger partial charge in [0.1, 0.15) is 0 Å². The fraction of sp³-hybridized carbons (Fsp3) is 0.429. The summed E-state index contributed by atoms with van der Waals surface area (Å²) in [7, 11) is 0. The molecule has 79 valence electrons. The highest BCUT2D eigenvalue weighted by Crippen LogP contribution is 2.31. The Balaban J connectivity index is 2.03. The zero-order valence-electron chi connectivity index (χ0n) is 9.08. The van der Waals surface area contributed by atoms with Crippen LogP contribution in [0.3, 0.4) is 0 Å². The summed E-state index contributed by atoms with van der Waals surface area (Å²) >= 11 is 0. The number of allylic oxidation sites excluding steroid dienone is 5. The van der Waals surface area contributed by atoms with Gasteiger partial charge in [0.25, 0.3) is 0 Å². The van der Waals surface area contributed by atoms with Crippen molar-refractivity contribution in [1.82, 2.24) is 5.32 Å². The van der Waals surface area contributed by atoms with Crippen molar-refractivity contribution in [3.63, 3.8) is 0 Å². The predicted octanol–water partition coefficient (Wildman–Crippen LogP) is 3.48. The Morgan fingerprint density at radius 1 is 1.13 bits per heavy atom. The van der Waals surface area contributed by atoms with Crippen LogP contribution in [0.1, 0.15) is 32.1 Å².